The highest BCUT2D eigenvalue weighted by molar-refractivity contribution is 5.97. The Labute approximate surface area is 161 Å². The van der Waals surface area contributed by atoms with Crippen molar-refractivity contribution in [3.8, 4) is 0 Å². The predicted molar refractivity (Wildman–Crippen MR) is 107 cm³/mol. The van der Waals surface area contributed by atoms with Gasteiger partial charge in [-0.15, -0.1) is 0 Å². The number of anilines is 2. The minimum atomic E-state index is -0.333. The van der Waals surface area contributed by atoms with Crippen molar-refractivity contribution in [2.75, 3.05) is 16.8 Å². The van der Waals surface area contributed by atoms with Crippen molar-refractivity contribution in [3.05, 3.63) is 64.7 Å². The fourth-order valence-electron chi connectivity index (χ4n) is 3.48. The lowest BCUT2D eigenvalue weighted by atomic mass is 10.1. The largest absolute Gasteiger partial charge is 0.324 e. The van der Waals surface area contributed by atoms with Gasteiger partial charge in [0.25, 0.3) is 5.56 Å². The topological polar surface area (TPSA) is 84.3 Å². The maximum atomic E-state index is 12.6. The lowest BCUT2D eigenvalue weighted by molar-refractivity contribution is -0.117. The number of hydrogen-bond donors (Lipinski definition) is 1. The Morgan fingerprint density at radius 3 is 2.79 bits per heavy atom. The molecule has 0 aliphatic carbocycles. The highest BCUT2D eigenvalue weighted by Gasteiger charge is 2.21. The van der Waals surface area contributed by atoms with Gasteiger partial charge in [0.1, 0.15) is 6.54 Å². The van der Waals surface area contributed by atoms with Crippen LogP contribution in [-0.2, 0) is 16.1 Å². The van der Waals surface area contributed by atoms with E-state index in [0.29, 0.717) is 29.6 Å². The molecule has 2 heterocycles. The van der Waals surface area contributed by atoms with E-state index in [4.69, 9.17) is 0 Å². The van der Waals surface area contributed by atoms with Crippen molar-refractivity contribution in [2.45, 2.75) is 26.3 Å². The van der Waals surface area contributed by atoms with Crippen molar-refractivity contribution < 1.29 is 9.59 Å². The quantitative estimate of drug-likeness (QED) is 0.758. The number of carbonyl (C=O) groups is 2. The standard InChI is InChI=1S/C21H20N4O3/c1-14-5-2-8-17-20(14)22-13-24(21(17)28)12-18(26)23-15-6-3-7-16(11-15)25-10-4-9-19(25)27/h2-3,5-8,11,13H,4,9-10,12H2,1H3,(H,23,26). The van der Waals surface area contributed by atoms with E-state index >= 15 is 0 Å². The van der Waals surface area contributed by atoms with Gasteiger partial charge in [0.2, 0.25) is 11.8 Å². The maximum Gasteiger partial charge on any atom is 0.261 e. The van der Waals surface area contributed by atoms with E-state index in [1.54, 1.807) is 35.2 Å². The molecule has 2 amide bonds. The summed E-state index contributed by atoms with van der Waals surface area (Å²) in [5, 5.41) is 3.28. The number of rotatable bonds is 4. The molecule has 0 radical (unpaired) electrons. The molecular weight excluding hydrogens is 356 g/mol. The zero-order valence-electron chi connectivity index (χ0n) is 15.5. The van der Waals surface area contributed by atoms with E-state index in [0.717, 1.165) is 17.7 Å². The van der Waals surface area contributed by atoms with E-state index in [-0.39, 0.29) is 23.9 Å². The highest BCUT2D eigenvalue weighted by atomic mass is 16.2. The molecule has 0 spiro atoms. The van der Waals surface area contributed by atoms with Gasteiger partial charge in [0, 0.05) is 24.3 Å². The van der Waals surface area contributed by atoms with Crippen molar-refractivity contribution in [1.82, 2.24) is 9.55 Å². The number of nitrogens with one attached hydrogen (secondary N) is 1. The fraction of sp³-hybridized carbons (Fsp3) is 0.238. The van der Waals surface area contributed by atoms with E-state index < -0.39 is 0 Å². The van der Waals surface area contributed by atoms with Gasteiger partial charge in [-0.1, -0.05) is 18.2 Å². The molecule has 2 aromatic carbocycles. The zero-order valence-corrected chi connectivity index (χ0v) is 15.5. The smallest absolute Gasteiger partial charge is 0.261 e. The summed E-state index contributed by atoms with van der Waals surface area (Å²) in [4.78, 5) is 43.0. The Bertz CT molecular complexity index is 1140. The van der Waals surface area contributed by atoms with Gasteiger partial charge >= 0.3 is 0 Å². The lowest BCUT2D eigenvalue weighted by Gasteiger charge is -2.17. The molecule has 7 nitrogen and oxygen atoms in total. The summed E-state index contributed by atoms with van der Waals surface area (Å²) in [7, 11) is 0. The molecular formula is C21H20N4O3. The highest BCUT2D eigenvalue weighted by Crippen LogP contribution is 2.24. The van der Waals surface area contributed by atoms with Gasteiger partial charge < -0.3 is 10.2 Å². The first-order valence-corrected chi connectivity index (χ1v) is 9.18. The molecule has 1 aromatic heterocycles. The van der Waals surface area contributed by atoms with Crippen LogP contribution in [0.15, 0.2) is 53.6 Å². The van der Waals surface area contributed by atoms with Crippen LogP contribution in [0, 0.1) is 6.92 Å². The zero-order chi connectivity index (χ0) is 19.7. The Morgan fingerprint density at radius 1 is 1.18 bits per heavy atom. The van der Waals surface area contributed by atoms with Crippen LogP contribution in [0.4, 0.5) is 11.4 Å². The minimum absolute atomic E-state index is 0.0903. The molecule has 1 N–H and O–H groups in total. The van der Waals surface area contributed by atoms with Crippen molar-refractivity contribution in [2.24, 2.45) is 0 Å². The van der Waals surface area contributed by atoms with E-state index in [2.05, 4.69) is 10.3 Å². The van der Waals surface area contributed by atoms with Crippen LogP contribution < -0.4 is 15.8 Å². The van der Waals surface area contributed by atoms with Crippen LogP contribution in [0.1, 0.15) is 18.4 Å². The molecule has 1 saturated heterocycles. The molecule has 1 aliphatic heterocycles. The fourth-order valence-corrected chi connectivity index (χ4v) is 3.48. The molecule has 7 heteroatoms. The van der Waals surface area contributed by atoms with Crippen LogP contribution in [0.3, 0.4) is 0 Å². The lowest BCUT2D eigenvalue weighted by Crippen LogP contribution is -2.28. The van der Waals surface area contributed by atoms with Crippen LogP contribution in [-0.4, -0.2) is 27.9 Å². The number of carbonyl (C=O) groups excluding carboxylic acids is 2. The average Bonchev–Trinajstić information content (AvgIpc) is 3.11. The number of aryl methyl sites for hydroxylation is 1. The number of hydrogen-bond acceptors (Lipinski definition) is 4. The molecule has 28 heavy (non-hydrogen) atoms. The first-order valence-electron chi connectivity index (χ1n) is 9.18. The van der Waals surface area contributed by atoms with Crippen molar-refractivity contribution in [3.63, 3.8) is 0 Å². The second-order valence-electron chi connectivity index (χ2n) is 6.90. The number of para-hydroxylation sites is 1. The molecule has 0 bridgehead atoms. The molecule has 0 unspecified atom stereocenters. The molecule has 4 rings (SSSR count). The van der Waals surface area contributed by atoms with Crippen molar-refractivity contribution >= 4 is 34.1 Å². The van der Waals surface area contributed by atoms with Gasteiger partial charge in [0.15, 0.2) is 0 Å². The maximum absolute atomic E-state index is 12.6. The third-order valence-corrected chi connectivity index (χ3v) is 4.88. The number of benzene rings is 2. The normalized spacial score (nSPS) is 13.9. The second kappa shape index (κ2) is 7.26. The van der Waals surface area contributed by atoms with E-state index in [1.165, 1.54) is 10.9 Å². The minimum Gasteiger partial charge on any atom is -0.324 e. The second-order valence-corrected chi connectivity index (χ2v) is 6.90. The number of fused-ring (bicyclic) bond motifs is 1. The van der Waals surface area contributed by atoms with Crippen LogP contribution >= 0.6 is 0 Å². The molecule has 1 aliphatic rings. The Kier molecular flexibility index (Phi) is 4.65. The van der Waals surface area contributed by atoms with Gasteiger partial charge in [-0.2, -0.15) is 0 Å². The number of aromatic nitrogens is 2. The van der Waals surface area contributed by atoms with Gasteiger partial charge in [-0.3, -0.25) is 19.0 Å². The van der Waals surface area contributed by atoms with Gasteiger partial charge in [-0.25, -0.2) is 4.98 Å². The first-order chi connectivity index (χ1) is 13.5. The molecule has 142 valence electrons. The Hall–Kier alpha value is -3.48. The van der Waals surface area contributed by atoms with Crippen LogP contribution in [0.2, 0.25) is 0 Å². The molecule has 0 saturated carbocycles. The summed E-state index contributed by atoms with van der Waals surface area (Å²) >= 11 is 0. The van der Waals surface area contributed by atoms with Crippen molar-refractivity contribution in [1.29, 1.82) is 0 Å². The van der Waals surface area contributed by atoms with E-state index in [1.807, 2.05) is 19.1 Å². The third-order valence-electron chi connectivity index (χ3n) is 4.88. The average molecular weight is 376 g/mol. The number of nitrogens with zero attached hydrogens (tertiary/aromatic N) is 3. The summed E-state index contributed by atoms with van der Waals surface area (Å²) in [6.45, 7) is 2.44. The van der Waals surface area contributed by atoms with Crippen LogP contribution in [0.25, 0.3) is 10.9 Å². The Morgan fingerprint density at radius 2 is 2.00 bits per heavy atom. The monoisotopic (exact) mass is 376 g/mol. The predicted octanol–water partition coefficient (Wildman–Crippen LogP) is 2.47. The SMILES string of the molecule is Cc1cccc2c(=O)n(CC(=O)Nc3cccc(N4CCCC4=O)c3)cnc12. The Balaban J connectivity index is 1.52. The molecule has 1 fully saturated rings. The first kappa shape index (κ1) is 17.9. The van der Waals surface area contributed by atoms with Crippen LogP contribution in [0.5, 0.6) is 0 Å². The number of amides is 2. The van der Waals surface area contributed by atoms with Gasteiger partial charge in [0.05, 0.1) is 17.2 Å². The van der Waals surface area contributed by atoms with Gasteiger partial charge in [-0.05, 0) is 43.2 Å². The summed E-state index contributed by atoms with van der Waals surface area (Å²) in [5.41, 5.74) is 2.66. The van der Waals surface area contributed by atoms with E-state index in [9.17, 15) is 14.4 Å². The third kappa shape index (κ3) is 3.38. The summed E-state index contributed by atoms with van der Waals surface area (Å²) in [5.74, 6) is -0.242. The summed E-state index contributed by atoms with van der Waals surface area (Å²) in [6, 6.07) is 12.6. The molecule has 0 atom stereocenters. The summed E-state index contributed by atoms with van der Waals surface area (Å²) < 4.78 is 1.30. The summed E-state index contributed by atoms with van der Waals surface area (Å²) in [6.07, 6.45) is 2.79. The molecule has 3 aromatic rings.